The summed E-state index contributed by atoms with van der Waals surface area (Å²) in [6.07, 6.45) is 0.272. The molecule has 0 radical (unpaired) electrons. The van der Waals surface area contributed by atoms with E-state index in [1.807, 2.05) is 36.6 Å². The zero-order chi connectivity index (χ0) is 15.4. The molecule has 0 aliphatic heterocycles. The first-order chi connectivity index (χ1) is 10.0. The summed E-state index contributed by atoms with van der Waals surface area (Å²) in [5.41, 5.74) is 2.16. The molecule has 1 heterocycles. The van der Waals surface area contributed by atoms with Crippen LogP contribution in [0, 0.1) is 10.5 Å². The van der Waals surface area contributed by atoms with E-state index in [9.17, 15) is 9.59 Å². The van der Waals surface area contributed by atoms with Gasteiger partial charge in [-0.15, -0.1) is 11.3 Å². The van der Waals surface area contributed by atoms with Gasteiger partial charge in [-0.05, 0) is 58.2 Å². The van der Waals surface area contributed by atoms with Crippen molar-refractivity contribution >= 4 is 50.8 Å². The molecule has 0 saturated heterocycles. The number of hydrogen-bond acceptors (Lipinski definition) is 4. The lowest BCUT2D eigenvalue weighted by atomic mass is 10.1. The molecule has 1 N–H and O–H groups in total. The van der Waals surface area contributed by atoms with Crippen molar-refractivity contribution in [3.05, 3.63) is 49.9 Å². The Hall–Kier alpha value is -1.41. The van der Waals surface area contributed by atoms with Gasteiger partial charge in [0.25, 0.3) is 0 Å². The van der Waals surface area contributed by atoms with E-state index in [4.69, 9.17) is 4.74 Å². The number of ether oxygens (including phenoxy) is 1. The highest BCUT2D eigenvalue weighted by Gasteiger charge is 2.18. The van der Waals surface area contributed by atoms with Crippen molar-refractivity contribution in [1.82, 2.24) is 0 Å². The van der Waals surface area contributed by atoms with Crippen LogP contribution in [-0.2, 0) is 16.0 Å². The molecule has 0 atom stereocenters. The molecule has 1 amide bonds. The number of benzene rings is 1. The molecule has 1 aromatic carbocycles. The van der Waals surface area contributed by atoms with Crippen LogP contribution in [0.3, 0.4) is 0 Å². The number of anilines is 1. The van der Waals surface area contributed by atoms with Crippen molar-refractivity contribution in [1.29, 1.82) is 0 Å². The Morgan fingerprint density at radius 3 is 2.57 bits per heavy atom. The number of carbonyl (C=O) groups excluding carboxylic acids is 2. The Kier molecular flexibility index (Phi) is 5.35. The van der Waals surface area contributed by atoms with Gasteiger partial charge < -0.3 is 10.1 Å². The van der Waals surface area contributed by atoms with Gasteiger partial charge in [0.05, 0.1) is 19.1 Å². The van der Waals surface area contributed by atoms with E-state index in [0.717, 1.165) is 14.7 Å². The molecule has 110 valence electrons. The fourth-order valence-electron chi connectivity index (χ4n) is 1.85. The third-order valence-corrected chi connectivity index (χ3v) is 4.63. The fourth-order valence-corrected chi connectivity index (χ4v) is 3.16. The lowest BCUT2D eigenvalue weighted by Gasteiger charge is -2.06. The second kappa shape index (κ2) is 7.04. The Balaban J connectivity index is 2.09. The van der Waals surface area contributed by atoms with Crippen molar-refractivity contribution in [2.45, 2.75) is 13.3 Å². The van der Waals surface area contributed by atoms with Crippen molar-refractivity contribution < 1.29 is 14.3 Å². The first kappa shape index (κ1) is 16.0. The molecule has 2 aromatic rings. The maximum atomic E-state index is 12.1. The van der Waals surface area contributed by atoms with Gasteiger partial charge >= 0.3 is 5.97 Å². The monoisotopic (exact) mass is 415 g/mol. The highest BCUT2D eigenvalue weighted by Crippen LogP contribution is 2.28. The number of rotatable bonds is 4. The normalized spacial score (nSPS) is 10.2. The van der Waals surface area contributed by atoms with Crippen LogP contribution < -0.4 is 5.32 Å². The van der Waals surface area contributed by atoms with E-state index in [1.54, 1.807) is 0 Å². The van der Waals surface area contributed by atoms with E-state index in [1.165, 1.54) is 18.4 Å². The van der Waals surface area contributed by atoms with Gasteiger partial charge in [-0.1, -0.05) is 12.1 Å². The topological polar surface area (TPSA) is 55.4 Å². The van der Waals surface area contributed by atoms with Crippen molar-refractivity contribution in [2.24, 2.45) is 0 Å². The van der Waals surface area contributed by atoms with E-state index < -0.39 is 5.97 Å². The molecule has 0 unspecified atom stereocenters. The molecule has 2 rings (SSSR count). The molecule has 6 heteroatoms. The molecule has 0 bridgehead atoms. The van der Waals surface area contributed by atoms with Crippen LogP contribution in [0.1, 0.15) is 21.5 Å². The van der Waals surface area contributed by atoms with Gasteiger partial charge in [0.1, 0.15) is 5.00 Å². The molecule has 1 aromatic heterocycles. The van der Waals surface area contributed by atoms with Crippen molar-refractivity contribution in [2.75, 3.05) is 12.4 Å². The van der Waals surface area contributed by atoms with Crippen LogP contribution in [0.5, 0.6) is 0 Å². The standard InChI is InChI=1S/C15H14INO3S/c1-9-8-21-14(13(9)15(19)20-2)17-12(18)7-10-3-5-11(16)6-4-10/h3-6,8H,7H2,1-2H3,(H,17,18). The second-order valence-corrected chi connectivity index (χ2v) is 6.59. The third-order valence-electron chi connectivity index (χ3n) is 2.90. The zero-order valence-corrected chi connectivity index (χ0v) is 14.6. The summed E-state index contributed by atoms with van der Waals surface area (Å²) >= 11 is 3.54. The zero-order valence-electron chi connectivity index (χ0n) is 11.6. The Morgan fingerprint density at radius 1 is 1.29 bits per heavy atom. The number of aryl methyl sites for hydroxylation is 1. The Morgan fingerprint density at radius 2 is 1.95 bits per heavy atom. The third kappa shape index (κ3) is 4.04. The summed E-state index contributed by atoms with van der Waals surface area (Å²) in [6, 6.07) is 7.75. The van der Waals surface area contributed by atoms with Crippen LogP contribution in [0.2, 0.25) is 0 Å². The number of nitrogens with one attached hydrogen (secondary N) is 1. The largest absolute Gasteiger partial charge is 0.465 e. The predicted molar refractivity (Wildman–Crippen MR) is 91.9 cm³/mol. The summed E-state index contributed by atoms with van der Waals surface area (Å²) < 4.78 is 5.87. The molecule has 0 fully saturated rings. The first-order valence-electron chi connectivity index (χ1n) is 6.22. The van der Waals surface area contributed by atoms with Gasteiger partial charge in [0.15, 0.2) is 0 Å². The second-order valence-electron chi connectivity index (χ2n) is 4.47. The number of carbonyl (C=O) groups is 2. The molecule has 4 nitrogen and oxygen atoms in total. The van der Waals surface area contributed by atoms with Gasteiger partial charge in [0, 0.05) is 3.57 Å². The number of thiophene rings is 1. The van der Waals surface area contributed by atoms with Crippen molar-refractivity contribution in [3.63, 3.8) is 0 Å². The quantitative estimate of drug-likeness (QED) is 0.613. The smallest absolute Gasteiger partial charge is 0.341 e. The van der Waals surface area contributed by atoms with E-state index >= 15 is 0 Å². The minimum Gasteiger partial charge on any atom is -0.465 e. The highest BCUT2D eigenvalue weighted by molar-refractivity contribution is 14.1. The lowest BCUT2D eigenvalue weighted by molar-refractivity contribution is -0.115. The summed E-state index contributed by atoms with van der Waals surface area (Å²) in [4.78, 5) is 23.8. The highest BCUT2D eigenvalue weighted by atomic mass is 127. The van der Waals surface area contributed by atoms with Crippen LogP contribution in [0.4, 0.5) is 5.00 Å². The lowest BCUT2D eigenvalue weighted by Crippen LogP contribution is -2.16. The van der Waals surface area contributed by atoms with Gasteiger partial charge in [-0.25, -0.2) is 4.79 Å². The molecule has 0 aliphatic rings. The molecular formula is C15H14INO3S. The molecule has 0 spiro atoms. The Labute approximate surface area is 140 Å². The first-order valence-corrected chi connectivity index (χ1v) is 8.17. The fraction of sp³-hybridized carbons (Fsp3) is 0.200. The van der Waals surface area contributed by atoms with Crippen molar-refractivity contribution in [3.8, 4) is 0 Å². The van der Waals surface area contributed by atoms with Crippen LogP contribution in [-0.4, -0.2) is 19.0 Å². The molecule has 0 saturated carbocycles. The maximum absolute atomic E-state index is 12.1. The maximum Gasteiger partial charge on any atom is 0.341 e. The van der Waals surface area contributed by atoms with E-state index in [0.29, 0.717) is 10.6 Å². The number of halogens is 1. The summed E-state index contributed by atoms with van der Waals surface area (Å²) in [5.74, 6) is -0.582. The number of methoxy groups -OCH3 is 1. The van der Waals surface area contributed by atoms with Gasteiger partial charge in [-0.2, -0.15) is 0 Å². The minimum atomic E-state index is -0.432. The number of amides is 1. The van der Waals surface area contributed by atoms with Crippen LogP contribution >= 0.6 is 33.9 Å². The summed E-state index contributed by atoms with van der Waals surface area (Å²) in [6.45, 7) is 1.82. The van der Waals surface area contributed by atoms with Gasteiger partial charge in [0.2, 0.25) is 5.91 Å². The van der Waals surface area contributed by atoms with Crippen LogP contribution in [0.15, 0.2) is 29.6 Å². The van der Waals surface area contributed by atoms with Crippen LogP contribution in [0.25, 0.3) is 0 Å². The average Bonchev–Trinajstić information content (AvgIpc) is 2.81. The number of esters is 1. The molecular weight excluding hydrogens is 401 g/mol. The molecule has 0 aliphatic carbocycles. The average molecular weight is 415 g/mol. The summed E-state index contributed by atoms with van der Waals surface area (Å²) in [7, 11) is 1.33. The van der Waals surface area contributed by atoms with E-state index in [2.05, 4.69) is 27.9 Å². The minimum absolute atomic E-state index is 0.150. The Bertz CT molecular complexity index is 664. The number of hydrogen-bond donors (Lipinski definition) is 1. The molecule has 21 heavy (non-hydrogen) atoms. The predicted octanol–water partition coefficient (Wildman–Crippen LogP) is 3.63. The van der Waals surface area contributed by atoms with Gasteiger partial charge in [-0.3, -0.25) is 4.79 Å². The summed E-state index contributed by atoms with van der Waals surface area (Å²) in [5, 5.41) is 5.15. The van der Waals surface area contributed by atoms with E-state index in [-0.39, 0.29) is 12.3 Å². The SMILES string of the molecule is COC(=O)c1c(C)csc1NC(=O)Cc1ccc(I)cc1.